The number of carbonyl (C=O) groups excluding carboxylic acids is 2. The summed E-state index contributed by atoms with van der Waals surface area (Å²) in [6.07, 6.45) is 2.24. The van der Waals surface area contributed by atoms with Crippen LogP contribution in [-0.4, -0.2) is 24.5 Å². The zero-order valence-electron chi connectivity index (χ0n) is 16.9. The summed E-state index contributed by atoms with van der Waals surface area (Å²) in [6.45, 7) is 6.21. The molecular weight excluding hydrogens is 472 g/mol. The number of anilines is 1. The number of halogens is 2. The van der Waals surface area contributed by atoms with Gasteiger partial charge in [-0.2, -0.15) is 0 Å². The molecule has 1 saturated heterocycles. The van der Waals surface area contributed by atoms with E-state index >= 15 is 0 Å². The fourth-order valence-electron chi connectivity index (χ4n) is 2.84. The van der Waals surface area contributed by atoms with Crippen LogP contribution < -0.4 is 19.9 Å². The molecule has 0 spiro atoms. The summed E-state index contributed by atoms with van der Waals surface area (Å²) in [5.41, 5.74) is 3.68. The Labute approximate surface area is 188 Å². The molecule has 2 aromatic rings. The lowest BCUT2D eigenvalue weighted by Gasteiger charge is -2.19. The molecule has 0 saturated carbocycles. The molecule has 6 nitrogen and oxygen atoms in total. The number of hydrazine groups is 1. The zero-order chi connectivity index (χ0) is 21.8. The van der Waals surface area contributed by atoms with Crippen molar-refractivity contribution in [2.24, 2.45) is 0 Å². The van der Waals surface area contributed by atoms with Crippen molar-refractivity contribution in [3.05, 3.63) is 57.0 Å². The van der Waals surface area contributed by atoms with Crippen molar-refractivity contribution in [3.8, 4) is 11.5 Å². The lowest BCUT2D eigenvalue weighted by Crippen LogP contribution is -2.35. The van der Waals surface area contributed by atoms with Gasteiger partial charge in [-0.3, -0.25) is 15.0 Å². The van der Waals surface area contributed by atoms with Crippen molar-refractivity contribution in [1.29, 1.82) is 0 Å². The molecule has 0 unspecified atom stereocenters. The molecule has 0 aliphatic carbocycles. The van der Waals surface area contributed by atoms with Gasteiger partial charge in [-0.15, -0.1) is 0 Å². The van der Waals surface area contributed by atoms with Gasteiger partial charge in [-0.25, -0.2) is 5.01 Å². The number of nitrogens with one attached hydrogen (secondary N) is 1. The first-order valence-corrected chi connectivity index (χ1v) is 10.8. The van der Waals surface area contributed by atoms with Crippen LogP contribution in [0.25, 0.3) is 6.08 Å². The second-order valence-electron chi connectivity index (χ2n) is 6.67. The van der Waals surface area contributed by atoms with E-state index < -0.39 is 11.8 Å². The van der Waals surface area contributed by atoms with E-state index in [1.54, 1.807) is 30.3 Å². The number of hydrogen-bond donors (Lipinski definition) is 1. The number of benzene rings is 2. The van der Waals surface area contributed by atoms with Crippen molar-refractivity contribution >= 4 is 51.1 Å². The summed E-state index contributed by atoms with van der Waals surface area (Å²) < 4.78 is 12.2. The fourth-order valence-corrected chi connectivity index (χ4v) is 3.49. The maximum absolute atomic E-state index is 12.8. The standard InChI is InChI=1S/C22H22BrClN2O4/c1-4-13(3)30-20-17(29-5-2)12-14(18(23)19(20)24)11-16-21(27)25-26(22(16)28)15-9-7-6-8-10-15/h6-13H,4-5H2,1-3H3,(H,25,27)/b16-11-/t13-/m0/s1. The van der Waals surface area contributed by atoms with Crippen molar-refractivity contribution < 1.29 is 19.1 Å². The molecular formula is C22H22BrClN2O4. The molecule has 1 aliphatic rings. The van der Waals surface area contributed by atoms with E-state index in [9.17, 15) is 9.59 Å². The summed E-state index contributed by atoms with van der Waals surface area (Å²) >= 11 is 10.0. The average molecular weight is 494 g/mol. The van der Waals surface area contributed by atoms with Crippen LogP contribution in [-0.2, 0) is 9.59 Å². The molecule has 1 atom stereocenters. The van der Waals surface area contributed by atoms with Crippen LogP contribution >= 0.6 is 27.5 Å². The third-order valence-corrected chi connectivity index (χ3v) is 6.00. The number of nitrogens with zero attached hydrogens (tertiary/aromatic N) is 1. The highest BCUT2D eigenvalue weighted by Gasteiger charge is 2.34. The van der Waals surface area contributed by atoms with Gasteiger partial charge >= 0.3 is 0 Å². The number of carbonyl (C=O) groups is 2. The maximum Gasteiger partial charge on any atom is 0.282 e. The van der Waals surface area contributed by atoms with Crippen LogP contribution in [0.3, 0.4) is 0 Å². The van der Waals surface area contributed by atoms with Gasteiger partial charge in [0, 0.05) is 4.47 Å². The molecule has 1 fully saturated rings. The Morgan fingerprint density at radius 3 is 2.57 bits per heavy atom. The third-order valence-electron chi connectivity index (χ3n) is 4.56. The van der Waals surface area contributed by atoms with Crippen LogP contribution in [0.2, 0.25) is 5.02 Å². The number of ether oxygens (including phenoxy) is 2. The molecule has 8 heteroatoms. The highest BCUT2D eigenvalue weighted by atomic mass is 79.9. The van der Waals surface area contributed by atoms with Crippen molar-refractivity contribution in [3.63, 3.8) is 0 Å². The van der Waals surface area contributed by atoms with Crippen LogP contribution in [0.15, 0.2) is 46.4 Å². The Kier molecular flexibility index (Phi) is 7.05. The van der Waals surface area contributed by atoms with Gasteiger partial charge in [0.1, 0.15) is 10.6 Å². The summed E-state index contributed by atoms with van der Waals surface area (Å²) in [6, 6.07) is 10.6. The Hall–Kier alpha value is -2.51. The summed E-state index contributed by atoms with van der Waals surface area (Å²) in [5.74, 6) is -0.0736. The molecule has 2 aromatic carbocycles. The first-order chi connectivity index (χ1) is 14.4. The molecule has 2 amide bonds. The predicted molar refractivity (Wildman–Crippen MR) is 121 cm³/mol. The van der Waals surface area contributed by atoms with Gasteiger partial charge in [0.2, 0.25) is 0 Å². The van der Waals surface area contributed by atoms with Gasteiger partial charge < -0.3 is 9.47 Å². The molecule has 158 valence electrons. The van der Waals surface area contributed by atoms with Crippen LogP contribution in [0.5, 0.6) is 11.5 Å². The molecule has 0 bridgehead atoms. The van der Waals surface area contributed by atoms with Crippen molar-refractivity contribution in [2.45, 2.75) is 33.3 Å². The lowest BCUT2D eigenvalue weighted by molar-refractivity contribution is -0.117. The minimum absolute atomic E-state index is 0.00587. The molecule has 3 rings (SSSR count). The predicted octanol–water partition coefficient (Wildman–Crippen LogP) is 5.14. The number of rotatable bonds is 7. The van der Waals surface area contributed by atoms with Gasteiger partial charge in [-0.05, 0) is 66.0 Å². The van der Waals surface area contributed by atoms with Crippen molar-refractivity contribution in [2.75, 3.05) is 11.6 Å². The molecule has 1 heterocycles. The number of hydrogen-bond acceptors (Lipinski definition) is 4. The maximum atomic E-state index is 12.8. The first-order valence-electron chi connectivity index (χ1n) is 9.60. The van der Waals surface area contributed by atoms with E-state index in [0.29, 0.717) is 38.9 Å². The Morgan fingerprint density at radius 1 is 1.23 bits per heavy atom. The van der Waals surface area contributed by atoms with Crippen LogP contribution in [0, 0.1) is 0 Å². The minimum atomic E-state index is -0.496. The fraction of sp³-hybridized carbons (Fsp3) is 0.273. The third kappa shape index (κ3) is 4.47. The van der Waals surface area contributed by atoms with Crippen LogP contribution in [0.4, 0.5) is 5.69 Å². The lowest BCUT2D eigenvalue weighted by atomic mass is 10.1. The summed E-state index contributed by atoms with van der Waals surface area (Å²) in [7, 11) is 0. The second kappa shape index (κ2) is 9.53. The first kappa shape index (κ1) is 22.2. The Balaban J connectivity index is 2.02. The van der Waals surface area contributed by atoms with Gasteiger partial charge in [-0.1, -0.05) is 36.7 Å². The molecule has 1 aliphatic heterocycles. The van der Waals surface area contributed by atoms with E-state index in [2.05, 4.69) is 21.4 Å². The Bertz CT molecular complexity index is 994. The highest BCUT2D eigenvalue weighted by molar-refractivity contribution is 9.10. The van der Waals surface area contributed by atoms with Crippen LogP contribution in [0.1, 0.15) is 32.8 Å². The smallest absolute Gasteiger partial charge is 0.282 e. The molecule has 1 N–H and O–H groups in total. The number of amides is 2. The monoisotopic (exact) mass is 492 g/mol. The molecule has 30 heavy (non-hydrogen) atoms. The Morgan fingerprint density at radius 2 is 1.93 bits per heavy atom. The van der Waals surface area contributed by atoms with Gasteiger partial charge in [0.25, 0.3) is 11.8 Å². The van der Waals surface area contributed by atoms with E-state index in [-0.39, 0.29) is 11.7 Å². The van der Waals surface area contributed by atoms with Gasteiger partial charge in [0.15, 0.2) is 11.5 Å². The van der Waals surface area contributed by atoms with Crippen molar-refractivity contribution in [1.82, 2.24) is 5.43 Å². The van der Waals surface area contributed by atoms with E-state index in [0.717, 1.165) is 6.42 Å². The van der Waals surface area contributed by atoms with E-state index in [4.69, 9.17) is 21.1 Å². The summed E-state index contributed by atoms with van der Waals surface area (Å²) in [4.78, 5) is 25.3. The quantitative estimate of drug-likeness (QED) is 0.428. The average Bonchev–Trinajstić information content (AvgIpc) is 3.03. The summed E-state index contributed by atoms with van der Waals surface area (Å²) in [5, 5.41) is 1.53. The van der Waals surface area contributed by atoms with E-state index in [1.165, 1.54) is 11.1 Å². The normalized spacial score (nSPS) is 16.0. The second-order valence-corrected chi connectivity index (χ2v) is 7.84. The van der Waals surface area contributed by atoms with E-state index in [1.807, 2.05) is 26.8 Å². The SMILES string of the molecule is CCOc1cc(/C=C2/C(=O)NN(c3ccccc3)C2=O)c(Br)c(Cl)c1O[C@@H](C)CC. The van der Waals surface area contributed by atoms with Gasteiger partial charge in [0.05, 0.1) is 18.4 Å². The molecule has 0 aromatic heterocycles. The number of para-hydroxylation sites is 1. The molecule has 0 radical (unpaired) electrons. The highest BCUT2D eigenvalue weighted by Crippen LogP contribution is 2.44. The minimum Gasteiger partial charge on any atom is -0.490 e. The zero-order valence-corrected chi connectivity index (χ0v) is 19.2. The topological polar surface area (TPSA) is 67.9 Å². The largest absolute Gasteiger partial charge is 0.490 e.